The van der Waals surface area contributed by atoms with Gasteiger partial charge in [-0.25, -0.2) is 0 Å². The Balaban J connectivity index is 1.45. The predicted octanol–water partition coefficient (Wildman–Crippen LogP) is 3.05. The van der Waals surface area contributed by atoms with Gasteiger partial charge >= 0.3 is 0 Å². The second-order valence-corrected chi connectivity index (χ2v) is 6.02. The third kappa shape index (κ3) is 2.93. The number of aromatic nitrogens is 3. The summed E-state index contributed by atoms with van der Waals surface area (Å²) in [4.78, 5) is 14.6. The number of pyridine rings is 1. The molecular formula is C19H18N4O. The summed E-state index contributed by atoms with van der Waals surface area (Å²) in [5, 5.41) is 7.81. The molecule has 1 amide bonds. The van der Waals surface area contributed by atoms with Crippen LogP contribution in [0.1, 0.15) is 28.8 Å². The minimum Gasteiger partial charge on any atom is -0.338 e. The summed E-state index contributed by atoms with van der Waals surface area (Å²) >= 11 is 0. The molecule has 120 valence electrons. The Bertz CT molecular complexity index is 888. The van der Waals surface area contributed by atoms with Crippen molar-refractivity contribution in [2.24, 2.45) is 0 Å². The lowest BCUT2D eigenvalue weighted by Crippen LogP contribution is -2.36. The number of benzene rings is 1. The Labute approximate surface area is 140 Å². The summed E-state index contributed by atoms with van der Waals surface area (Å²) < 4.78 is 1.78. The van der Waals surface area contributed by atoms with Crippen LogP contribution in [-0.4, -0.2) is 38.5 Å². The normalized spacial score (nSPS) is 14.8. The van der Waals surface area contributed by atoms with E-state index >= 15 is 0 Å². The van der Waals surface area contributed by atoms with Gasteiger partial charge in [0.05, 0.1) is 5.56 Å². The van der Waals surface area contributed by atoms with Crippen LogP contribution in [-0.2, 0) is 0 Å². The first-order valence-corrected chi connectivity index (χ1v) is 8.13. The minimum atomic E-state index is 0.0735. The monoisotopic (exact) mass is 318 g/mol. The van der Waals surface area contributed by atoms with E-state index in [2.05, 4.69) is 28.4 Å². The Hall–Kier alpha value is -2.95. The van der Waals surface area contributed by atoms with E-state index in [9.17, 15) is 4.79 Å². The molecule has 0 unspecified atom stereocenters. The fourth-order valence-corrected chi connectivity index (χ4v) is 3.06. The summed E-state index contributed by atoms with van der Waals surface area (Å²) in [7, 11) is 0. The van der Waals surface area contributed by atoms with Crippen molar-refractivity contribution in [1.82, 2.24) is 19.5 Å². The van der Waals surface area contributed by atoms with Crippen LogP contribution < -0.4 is 0 Å². The molecule has 0 radical (unpaired) electrons. The molecule has 5 heteroatoms. The average Bonchev–Trinajstić information content (AvgIpc) is 3.10. The van der Waals surface area contributed by atoms with Gasteiger partial charge in [-0.15, -0.1) is 10.2 Å². The lowest BCUT2D eigenvalue weighted by Gasteiger charge is -2.28. The topological polar surface area (TPSA) is 50.5 Å². The minimum absolute atomic E-state index is 0.0735. The molecule has 1 aromatic carbocycles. The molecular weight excluding hydrogens is 300 g/mol. The molecule has 0 N–H and O–H groups in total. The molecule has 5 nitrogen and oxygen atoms in total. The number of amides is 1. The van der Waals surface area contributed by atoms with Crippen LogP contribution >= 0.6 is 0 Å². The smallest absolute Gasteiger partial charge is 0.255 e. The standard InChI is InChI=1S/C19H18N4O/c24-19(17-6-7-18-21-20-14-23(18)13-17)22-10-8-16(9-11-22)12-15-4-2-1-3-5-15/h1-7,12-14H,8-11H2. The SMILES string of the molecule is O=C(c1ccc2nncn2c1)N1CCC(=Cc2ccccc2)CC1. The van der Waals surface area contributed by atoms with Crippen molar-refractivity contribution in [1.29, 1.82) is 0 Å². The molecule has 1 saturated heterocycles. The first-order valence-electron chi connectivity index (χ1n) is 8.13. The van der Waals surface area contributed by atoms with Crippen molar-refractivity contribution in [3.05, 3.63) is 71.7 Å². The molecule has 0 saturated carbocycles. The fourth-order valence-electron chi connectivity index (χ4n) is 3.06. The molecule has 3 aromatic rings. The highest BCUT2D eigenvalue weighted by molar-refractivity contribution is 5.94. The van der Waals surface area contributed by atoms with Crippen LogP contribution in [0.2, 0.25) is 0 Å². The molecule has 4 rings (SSSR count). The molecule has 24 heavy (non-hydrogen) atoms. The maximum absolute atomic E-state index is 12.7. The molecule has 1 aliphatic rings. The number of nitrogens with zero attached hydrogens (tertiary/aromatic N) is 4. The second kappa shape index (κ2) is 6.28. The summed E-state index contributed by atoms with van der Waals surface area (Å²) in [5.41, 5.74) is 4.06. The average molecular weight is 318 g/mol. The number of piperidine rings is 1. The van der Waals surface area contributed by atoms with Crippen molar-refractivity contribution in [3.63, 3.8) is 0 Å². The first kappa shape index (κ1) is 14.6. The highest BCUT2D eigenvalue weighted by Gasteiger charge is 2.20. The van der Waals surface area contributed by atoms with Gasteiger partial charge in [0.1, 0.15) is 6.33 Å². The van der Waals surface area contributed by atoms with Gasteiger partial charge < -0.3 is 4.90 Å². The lowest BCUT2D eigenvalue weighted by molar-refractivity contribution is 0.0743. The van der Waals surface area contributed by atoms with Crippen molar-refractivity contribution in [2.45, 2.75) is 12.8 Å². The third-order valence-corrected chi connectivity index (χ3v) is 4.40. The second-order valence-electron chi connectivity index (χ2n) is 6.02. The van der Waals surface area contributed by atoms with Gasteiger partial charge in [0, 0.05) is 19.3 Å². The largest absolute Gasteiger partial charge is 0.338 e. The van der Waals surface area contributed by atoms with Crippen molar-refractivity contribution in [2.75, 3.05) is 13.1 Å². The molecule has 1 fully saturated rings. The highest BCUT2D eigenvalue weighted by atomic mass is 16.2. The third-order valence-electron chi connectivity index (χ3n) is 4.40. The fraction of sp³-hybridized carbons (Fsp3) is 0.211. The zero-order valence-electron chi connectivity index (χ0n) is 13.3. The van der Waals surface area contributed by atoms with Gasteiger partial charge in [-0.3, -0.25) is 9.20 Å². The van der Waals surface area contributed by atoms with E-state index in [1.54, 1.807) is 16.9 Å². The first-order chi connectivity index (χ1) is 11.8. The molecule has 1 aliphatic heterocycles. The van der Waals surface area contributed by atoms with Crippen LogP contribution in [0.15, 0.2) is 60.6 Å². The van der Waals surface area contributed by atoms with Crippen LogP contribution in [0.5, 0.6) is 0 Å². The van der Waals surface area contributed by atoms with Crippen LogP contribution in [0.25, 0.3) is 11.7 Å². The number of carbonyl (C=O) groups is 1. The molecule has 3 heterocycles. The van der Waals surface area contributed by atoms with E-state index in [-0.39, 0.29) is 5.91 Å². The molecule has 0 aliphatic carbocycles. The zero-order chi connectivity index (χ0) is 16.4. The number of hydrogen-bond acceptors (Lipinski definition) is 3. The van der Waals surface area contributed by atoms with Crippen LogP contribution in [0.3, 0.4) is 0 Å². The Morgan fingerprint density at radius 2 is 1.83 bits per heavy atom. The summed E-state index contributed by atoms with van der Waals surface area (Å²) in [5.74, 6) is 0.0735. The quantitative estimate of drug-likeness (QED) is 0.730. The van der Waals surface area contributed by atoms with E-state index in [0.29, 0.717) is 5.56 Å². The van der Waals surface area contributed by atoms with Gasteiger partial charge in [0.15, 0.2) is 5.65 Å². The van der Waals surface area contributed by atoms with E-state index < -0.39 is 0 Å². The number of rotatable bonds is 2. The van der Waals surface area contributed by atoms with E-state index in [1.165, 1.54) is 11.1 Å². The lowest BCUT2D eigenvalue weighted by atomic mass is 10.0. The summed E-state index contributed by atoms with van der Waals surface area (Å²) in [6.45, 7) is 1.52. The number of hydrogen-bond donors (Lipinski definition) is 0. The van der Waals surface area contributed by atoms with Gasteiger partial charge in [0.25, 0.3) is 5.91 Å². The van der Waals surface area contributed by atoms with Gasteiger partial charge in [-0.1, -0.05) is 42.0 Å². The van der Waals surface area contributed by atoms with E-state index in [4.69, 9.17) is 0 Å². The molecule has 0 spiro atoms. The van der Waals surface area contributed by atoms with E-state index in [0.717, 1.165) is 31.6 Å². The molecule has 0 atom stereocenters. The number of carbonyl (C=O) groups excluding carboxylic acids is 1. The van der Waals surface area contributed by atoms with Crippen molar-refractivity contribution >= 4 is 17.6 Å². The predicted molar refractivity (Wildman–Crippen MR) is 92.5 cm³/mol. The van der Waals surface area contributed by atoms with Gasteiger partial charge in [0.2, 0.25) is 0 Å². The van der Waals surface area contributed by atoms with Gasteiger partial charge in [-0.05, 0) is 30.5 Å². The van der Waals surface area contributed by atoms with Crippen LogP contribution in [0, 0.1) is 0 Å². The summed E-state index contributed by atoms with van der Waals surface area (Å²) in [6.07, 6.45) is 7.51. The Morgan fingerprint density at radius 1 is 1.04 bits per heavy atom. The number of likely N-dealkylation sites (tertiary alicyclic amines) is 1. The van der Waals surface area contributed by atoms with Crippen molar-refractivity contribution in [3.8, 4) is 0 Å². The highest BCUT2D eigenvalue weighted by Crippen LogP contribution is 2.21. The zero-order valence-corrected chi connectivity index (χ0v) is 13.3. The van der Waals surface area contributed by atoms with E-state index in [1.807, 2.05) is 35.2 Å². The van der Waals surface area contributed by atoms with Gasteiger partial charge in [-0.2, -0.15) is 0 Å². The summed E-state index contributed by atoms with van der Waals surface area (Å²) in [6, 6.07) is 14.0. The molecule has 2 aromatic heterocycles. The van der Waals surface area contributed by atoms with Crippen molar-refractivity contribution < 1.29 is 4.79 Å². The van der Waals surface area contributed by atoms with Crippen LogP contribution in [0.4, 0.5) is 0 Å². The maximum Gasteiger partial charge on any atom is 0.255 e. The number of fused-ring (bicyclic) bond motifs is 1. The maximum atomic E-state index is 12.7. The Kier molecular flexibility index (Phi) is 3.83. The molecule has 0 bridgehead atoms. The Morgan fingerprint density at radius 3 is 2.62 bits per heavy atom.